The fourth-order valence-electron chi connectivity index (χ4n) is 2.54. The first kappa shape index (κ1) is 18.6. The van der Waals surface area contributed by atoms with E-state index in [1.807, 2.05) is 0 Å². The predicted octanol–water partition coefficient (Wildman–Crippen LogP) is 3.89. The molecule has 1 saturated heterocycles. The average molecular weight is 341 g/mol. The van der Waals surface area contributed by atoms with Gasteiger partial charge in [-0.15, -0.1) is 12.4 Å². The number of hydrogen-bond donors (Lipinski definition) is 1. The van der Waals surface area contributed by atoms with Crippen LogP contribution in [0.2, 0.25) is 0 Å². The number of nitrogens with two attached hydrogens (primary N) is 1. The molecule has 0 aliphatic carbocycles. The highest BCUT2D eigenvalue weighted by molar-refractivity contribution is 8.00. The van der Waals surface area contributed by atoms with Gasteiger partial charge in [-0.2, -0.15) is 13.2 Å². The van der Waals surface area contributed by atoms with Crippen molar-refractivity contribution in [3.8, 4) is 0 Å². The molecule has 7 heteroatoms. The van der Waals surface area contributed by atoms with Gasteiger partial charge in [0, 0.05) is 18.0 Å². The molecule has 2 N–H and O–H groups in total. The maximum atomic E-state index is 12.2. The summed E-state index contributed by atoms with van der Waals surface area (Å²) in [5.41, 5.74) is 2.53. The van der Waals surface area contributed by atoms with Gasteiger partial charge in [-0.1, -0.05) is 12.1 Å². The maximum Gasteiger partial charge on any atom is 0.446 e. The molecule has 1 aliphatic rings. The Morgan fingerprint density at radius 3 is 2.48 bits per heavy atom. The molecule has 2 rings (SSSR count). The number of likely N-dealkylation sites (tertiary alicyclic amines) is 1. The van der Waals surface area contributed by atoms with E-state index in [4.69, 9.17) is 5.73 Å². The van der Waals surface area contributed by atoms with Gasteiger partial charge in [0.1, 0.15) is 0 Å². The Labute approximate surface area is 133 Å². The summed E-state index contributed by atoms with van der Waals surface area (Å²) in [4.78, 5) is 2.56. The van der Waals surface area contributed by atoms with Crippen LogP contribution in [0.15, 0.2) is 29.2 Å². The van der Waals surface area contributed by atoms with Crippen LogP contribution in [-0.4, -0.2) is 30.0 Å². The molecule has 0 aromatic heterocycles. The minimum Gasteiger partial charge on any atom is -0.330 e. The zero-order chi connectivity index (χ0) is 14.6. The molecule has 120 valence electrons. The van der Waals surface area contributed by atoms with Crippen LogP contribution in [0.5, 0.6) is 0 Å². The highest BCUT2D eigenvalue weighted by atomic mass is 35.5. The van der Waals surface area contributed by atoms with Crippen molar-refractivity contribution in [2.45, 2.75) is 29.8 Å². The Morgan fingerprint density at radius 1 is 1.24 bits per heavy atom. The van der Waals surface area contributed by atoms with Gasteiger partial charge < -0.3 is 5.73 Å². The van der Waals surface area contributed by atoms with E-state index >= 15 is 0 Å². The Kier molecular flexibility index (Phi) is 7.33. The van der Waals surface area contributed by atoms with E-state index in [1.165, 1.54) is 18.6 Å². The molecule has 2 nitrogen and oxygen atoms in total. The zero-order valence-electron chi connectivity index (χ0n) is 11.6. The molecule has 1 fully saturated rings. The molecule has 1 aliphatic heterocycles. The van der Waals surface area contributed by atoms with E-state index in [1.54, 1.807) is 12.1 Å². The lowest BCUT2D eigenvalue weighted by molar-refractivity contribution is -0.0328. The van der Waals surface area contributed by atoms with Crippen LogP contribution in [-0.2, 0) is 6.54 Å². The number of benzene rings is 1. The van der Waals surface area contributed by atoms with E-state index in [2.05, 4.69) is 4.90 Å². The molecule has 1 atom stereocenters. The Hall–Kier alpha value is -0.430. The van der Waals surface area contributed by atoms with E-state index in [0.29, 0.717) is 12.5 Å². The fourth-order valence-corrected chi connectivity index (χ4v) is 3.08. The summed E-state index contributed by atoms with van der Waals surface area (Å²) in [6, 6.07) is 6.63. The third-order valence-corrected chi connectivity index (χ3v) is 4.24. The quantitative estimate of drug-likeness (QED) is 0.843. The largest absolute Gasteiger partial charge is 0.446 e. The molecule has 0 spiro atoms. The smallest absolute Gasteiger partial charge is 0.330 e. The monoisotopic (exact) mass is 340 g/mol. The number of rotatable bonds is 4. The second-order valence-electron chi connectivity index (χ2n) is 5.17. The summed E-state index contributed by atoms with van der Waals surface area (Å²) < 4.78 is 36.7. The lowest BCUT2D eigenvalue weighted by atomic mass is 9.98. The summed E-state index contributed by atoms with van der Waals surface area (Å²) >= 11 is -0.0706. The van der Waals surface area contributed by atoms with Crippen molar-refractivity contribution in [2.24, 2.45) is 11.7 Å². The zero-order valence-corrected chi connectivity index (χ0v) is 13.2. The number of thioether (sulfide) groups is 1. The SMILES string of the molecule is Cl.NCC1CCCN(Cc2ccc(SC(F)(F)F)cc2)C1. The summed E-state index contributed by atoms with van der Waals surface area (Å²) in [6.07, 6.45) is 2.32. The standard InChI is InChI=1S/C14H19F3N2S.ClH/c15-14(16,17)20-13-5-3-11(4-6-13)9-19-7-1-2-12(8-18)10-19;/h3-6,12H,1-2,7-10,18H2;1H. The van der Waals surface area contributed by atoms with Gasteiger partial charge in [0.05, 0.1) is 0 Å². The molecule has 0 radical (unpaired) electrons. The summed E-state index contributed by atoms with van der Waals surface area (Å²) in [5, 5.41) is 0. The summed E-state index contributed by atoms with van der Waals surface area (Å²) in [5.74, 6) is 0.545. The minimum absolute atomic E-state index is 0. The summed E-state index contributed by atoms with van der Waals surface area (Å²) in [7, 11) is 0. The van der Waals surface area contributed by atoms with Crippen molar-refractivity contribution in [2.75, 3.05) is 19.6 Å². The van der Waals surface area contributed by atoms with Crippen molar-refractivity contribution in [3.63, 3.8) is 0 Å². The number of halogens is 4. The molecular weight excluding hydrogens is 321 g/mol. The van der Waals surface area contributed by atoms with Crippen molar-refractivity contribution in [1.29, 1.82) is 0 Å². The highest BCUT2D eigenvalue weighted by Crippen LogP contribution is 2.36. The topological polar surface area (TPSA) is 29.3 Å². The Morgan fingerprint density at radius 2 is 1.90 bits per heavy atom. The number of piperidine rings is 1. The highest BCUT2D eigenvalue weighted by Gasteiger charge is 2.29. The molecule has 0 amide bonds. The Balaban J connectivity index is 0.00000220. The van der Waals surface area contributed by atoms with Gasteiger partial charge in [-0.25, -0.2) is 0 Å². The first-order chi connectivity index (χ1) is 9.46. The minimum atomic E-state index is -4.22. The molecular formula is C14H20ClF3N2S. The van der Waals surface area contributed by atoms with Gasteiger partial charge >= 0.3 is 5.51 Å². The lowest BCUT2D eigenvalue weighted by Gasteiger charge is -2.32. The van der Waals surface area contributed by atoms with Crippen LogP contribution in [0.4, 0.5) is 13.2 Å². The third kappa shape index (κ3) is 6.46. The van der Waals surface area contributed by atoms with Gasteiger partial charge in [-0.3, -0.25) is 4.90 Å². The van der Waals surface area contributed by atoms with Gasteiger partial charge in [0.15, 0.2) is 0 Å². The van der Waals surface area contributed by atoms with Crippen LogP contribution >= 0.6 is 24.2 Å². The van der Waals surface area contributed by atoms with E-state index < -0.39 is 5.51 Å². The molecule has 1 aromatic carbocycles. The molecule has 1 heterocycles. The Bertz CT molecular complexity index is 425. The van der Waals surface area contributed by atoms with Gasteiger partial charge in [0.25, 0.3) is 0 Å². The van der Waals surface area contributed by atoms with Crippen LogP contribution in [0.3, 0.4) is 0 Å². The van der Waals surface area contributed by atoms with E-state index in [9.17, 15) is 13.2 Å². The normalized spacial score (nSPS) is 20.1. The van der Waals surface area contributed by atoms with Crippen molar-refractivity contribution < 1.29 is 13.2 Å². The summed E-state index contributed by atoms with van der Waals surface area (Å²) in [6.45, 7) is 3.51. The average Bonchev–Trinajstić information content (AvgIpc) is 2.40. The van der Waals surface area contributed by atoms with Crippen molar-refractivity contribution in [3.05, 3.63) is 29.8 Å². The van der Waals surface area contributed by atoms with E-state index in [0.717, 1.165) is 31.6 Å². The molecule has 1 unspecified atom stereocenters. The van der Waals surface area contributed by atoms with Crippen LogP contribution in [0.1, 0.15) is 18.4 Å². The van der Waals surface area contributed by atoms with Crippen LogP contribution in [0.25, 0.3) is 0 Å². The van der Waals surface area contributed by atoms with Crippen molar-refractivity contribution in [1.82, 2.24) is 4.90 Å². The predicted molar refractivity (Wildman–Crippen MR) is 82.7 cm³/mol. The molecule has 1 aromatic rings. The number of alkyl halides is 3. The third-order valence-electron chi connectivity index (χ3n) is 3.50. The first-order valence-electron chi connectivity index (χ1n) is 6.73. The van der Waals surface area contributed by atoms with Crippen LogP contribution in [0, 0.1) is 5.92 Å². The fraction of sp³-hybridized carbons (Fsp3) is 0.571. The lowest BCUT2D eigenvalue weighted by Crippen LogP contribution is -2.37. The molecule has 0 saturated carbocycles. The van der Waals surface area contributed by atoms with E-state index in [-0.39, 0.29) is 29.1 Å². The maximum absolute atomic E-state index is 12.2. The molecule has 21 heavy (non-hydrogen) atoms. The molecule has 0 bridgehead atoms. The number of nitrogens with zero attached hydrogens (tertiary/aromatic N) is 1. The van der Waals surface area contributed by atoms with Crippen molar-refractivity contribution >= 4 is 24.2 Å². The second kappa shape index (κ2) is 8.27. The second-order valence-corrected chi connectivity index (χ2v) is 6.31. The first-order valence-corrected chi connectivity index (χ1v) is 7.55. The number of hydrogen-bond acceptors (Lipinski definition) is 3. The van der Waals surface area contributed by atoms with Crippen LogP contribution < -0.4 is 5.73 Å². The van der Waals surface area contributed by atoms with Gasteiger partial charge in [-0.05, 0) is 61.3 Å². The van der Waals surface area contributed by atoms with Gasteiger partial charge in [0.2, 0.25) is 0 Å².